The Labute approximate surface area is 248 Å². The highest BCUT2D eigenvalue weighted by atomic mass is 19.3. The molecule has 1 spiro atoms. The Hall–Kier alpha value is -4.32. The van der Waals surface area contributed by atoms with Gasteiger partial charge in [0.25, 0.3) is 17.7 Å². The summed E-state index contributed by atoms with van der Waals surface area (Å²) in [6.07, 6.45) is -0.860. The topological polar surface area (TPSA) is 89.9 Å². The number of alkyl halides is 2. The number of hydrogen-bond donors (Lipinski definition) is 2. The van der Waals surface area contributed by atoms with E-state index < -0.39 is 30.1 Å². The number of benzene rings is 2. The lowest BCUT2D eigenvalue weighted by Crippen LogP contribution is -2.63. The third kappa shape index (κ3) is 5.96. The second-order valence-corrected chi connectivity index (χ2v) is 11.6. The lowest BCUT2D eigenvalue weighted by atomic mass is 9.68. The minimum atomic E-state index is -2.87. The minimum absolute atomic E-state index is 0.0933. The van der Waals surface area contributed by atoms with Crippen LogP contribution in [0.3, 0.4) is 0 Å². The van der Waals surface area contributed by atoms with Crippen molar-refractivity contribution >= 4 is 23.5 Å². The van der Waals surface area contributed by atoms with E-state index in [1.165, 1.54) is 21.9 Å². The van der Waals surface area contributed by atoms with Crippen molar-refractivity contribution in [3.63, 3.8) is 0 Å². The molecule has 5 rings (SSSR count). The van der Waals surface area contributed by atoms with Crippen molar-refractivity contribution in [2.45, 2.75) is 43.9 Å². The average Bonchev–Trinajstić information content (AvgIpc) is 3.38. The van der Waals surface area contributed by atoms with E-state index in [9.17, 15) is 23.2 Å². The monoisotopic (exact) mass is 596 g/mol. The Morgan fingerprint density at radius 2 is 1.60 bits per heavy atom. The molecule has 2 N–H and O–H groups in total. The van der Waals surface area contributed by atoms with Crippen molar-refractivity contribution in [2.24, 2.45) is 0 Å². The van der Waals surface area contributed by atoms with Crippen LogP contribution in [0.1, 0.15) is 50.5 Å². The zero-order valence-electron chi connectivity index (χ0n) is 24.6. The molecule has 1 aromatic heterocycles. The van der Waals surface area contributed by atoms with Gasteiger partial charge in [-0.05, 0) is 42.0 Å². The molecular formula is C31H35F3N6O3. The Balaban J connectivity index is 1.30. The lowest BCUT2D eigenvalue weighted by molar-refractivity contribution is -0.192. The molecule has 1 saturated carbocycles. The second kappa shape index (κ2) is 11.4. The molecule has 4 amide bonds. The molecule has 0 radical (unpaired) electrons. The zero-order chi connectivity index (χ0) is 31.1. The first-order chi connectivity index (χ1) is 20.3. The van der Waals surface area contributed by atoms with Gasteiger partial charge in [0.15, 0.2) is 0 Å². The number of carbonyl (C=O) groups is 3. The summed E-state index contributed by atoms with van der Waals surface area (Å²) in [4.78, 5) is 41.9. The number of halogens is 3. The fourth-order valence-corrected chi connectivity index (χ4v) is 5.84. The first kappa shape index (κ1) is 30.1. The van der Waals surface area contributed by atoms with Gasteiger partial charge in [-0.2, -0.15) is 0 Å². The van der Waals surface area contributed by atoms with Crippen LogP contribution in [0.4, 0.5) is 23.7 Å². The van der Waals surface area contributed by atoms with Gasteiger partial charge in [-0.25, -0.2) is 18.0 Å². The number of hydrogen-bond acceptors (Lipinski definition) is 4. The van der Waals surface area contributed by atoms with Crippen molar-refractivity contribution in [1.82, 2.24) is 24.6 Å². The number of urea groups is 1. The SMILES string of the molecule is CN(C)C(=O)Nc1ccc(CNC(=O)c2ccc3n2CCN(Cc2ccc(C(=O)N(C)C)cc2F)C32CC(F)(F)C2)cc1. The van der Waals surface area contributed by atoms with Crippen LogP contribution in [0, 0.1) is 5.82 Å². The number of aromatic nitrogens is 1. The fraction of sp³-hybridized carbons (Fsp3) is 0.387. The number of anilines is 1. The average molecular weight is 597 g/mol. The summed E-state index contributed by atoms with van der Waals surface area (Å²) >= 11 is 0. The van der Waals surface area contributed by atoms with Gasteiger partial charge in [0.05, 0.1) is 5.54 Å². The van der Waals surface area contributed by atoms with Crippen LogP contribution in [0.5, 0.6) is 0 Å². The van der Waals surface area contributed by atoms with Crippen LogP contribution in [-0.2, 0) is 25.2 Å². The number of amides is 4. The number of nitrogens with one attached hydrogen (secondary N) is 2. The molecule has 0 atom stereocenters. The summed E-state index contributed by atoms with van der Waals surface area (Å²) in [5, 5.41) is 5.64. The van der Waals surface area contributed by atoms with E-state index in [-0.39, 0.29) is 36.5 Å². The molecule has 0 bridgehead atoms. The van der Waals surface area contributed by atoms with Crippen molar-refractivity contribution in [3.8, 4) is 0 Å². The smallest absolute Gasteiger partial charge is 0.321 e. The first-order valence-electron chi connectivity index (χ1n) is 14.0. The molecule has 0 unspecified atom stereocenters. The molecule has 2 aliphatic rings. The van der Waals surface area contributed by atoms with Crippen molar-refractivity contribution in [3.05, 3.63) is 88.5 Å². The van der Waals surface area contributed by atoms with Crippen molar-refractivity contribution in [2.75, 3.05) is 40.1 Å². The Kier molecular flexibility index (Phi) is 7.99. The highest BCUT2D eigenvalue weighted by molar-refractivity contribution is 5.94. The normalized spacial score (nSPS) is 16.6. The minimum Gasteiger partial charge on any atom is -0.347 e. The van der Waals surface area contributed by atoms with Gasteiger partial charge in [-0.15, -0.1) is 0 Å². The number of carbonyl (C=O) groups excluding carboxylic acids is 3. The summed E-state index contributed by atoms with van der Waals surface area (Å²) in [6.45, 7) is 1.05. The predicted molar refractivity (Wildman–Crippen MR) is 155 cm³/mol. The molecule has 0 saturated heterocycles. The van der Waals surface area contributed by atoms with Crippen LogP contribution >= 0.6 is 0 Å². The van der Waals surface area contributed by atoms with Gasteiger partial charge in [0.1, 0.15) is 11.5 Å². The van der Waals surface area contributed by atoms with Crippen LogP contribution in [0.2, 0.25) is 0 Å². The third-order valence-corrected chi connectivity index (χ3v) is 8.12. The molecular weight excluding hydrogens is 561 g/mol. The predicted octanol–water partition coefficient (Wildman–Crippen LogP) is 4.49. The molecule has 12 heteroatoms. The maximum Gasteiger partial charge on any atom is 0.321 e. The first-order valence-corrected chi connectivity index (χ1v) is 14.0. The molecule has 1 aliphatic heterocycles. The lowest BCUT2D eigenvalue weighted by Gasteiger charge is -2.56. The highest BCUT2D eigenvalue weighted by Gasteiger charge is 2.62. The van der Waals surface area contributed by atoms with E-state index in [1.54, 1.807) is 75.2 Å². The second-order valence-electron chi connectivity index (χ2n) is 11.6. The molecule has 3 aromatic rings. The summed E-state index contributed by atoms with van der Waals surface area (Å²) in [5.74, 6) is -4.10. The van der Waals surface area contributed by atoms with Crippen LogP contribution in [0.25, 0.3) is 0 Å². The summed E-state index contributed by atoms with van der Waals surface area (Å²) in [5.41, 5.74) is 1.91. The van der Waals surface area contributed by atoms with Crippen LogP contribution in [-0.4, -0.2) is 77.8 Å². The molecule has 2 heterocycles. The molecule has 43 heavy (non-hydrogen) atoms. The van der Waals surface area contributed by atoms with Crippen LogP contribution < -0.4 is 10.6 Å². The van der Waals surface area contributed by atoms with Crippen LogP contribution in [0.15, 0.2) is 54.6 Å². The van der Waals surface area contributed by atoms with Gasteiger partial charge in [0, 0.05) is 89.7 Å². The van der Waals surface area contributed by atoms with Gasteiger partial charge in [0.2, 0.25) is 0 Å². The van der Waals surface area contributed by atoms with Gasteiger partial charge >= 0.3 is 6.03 Å². The Morgan fingerprint density at radius 3 is 2.21 bits per heavy atom. The molecule has 228 valence electrons. The summed E-state index contributed by atoms with van der Waals surface area (Å²) in [7, 11) is 6.45. The number of rotatable bonds is 7. The van der Waals surface area contributed by atoms with Crippen molar-refractivity contribution < 1.29 is 27.6 Å². The van der Waals surface area contributed by atoms with Gasteiger partial charge in [-0.3, -0.25) is 14.5 Å². The zero-order valence-corrected chi connectivity index (χ0v) is 24.6. The van der Waals surface area contributed by atoms with E-state index in [0.717, 1.165) is 5.56 Å². The van der Waals surface area contributed by atoms with E-state index >= 15 is 4.39 Å². The standard InChI is InChI=1S/C31H35F3N6O3/c1-37(2)28(42)21-7-8-22(24(32)15-21)17-39-13-14-40-25(11-12-26(40)30(39)18-31(33,34)19-30)27(41)35-16-20-5-9-23(10-6-20)36-29(43)38(3)4/h5-12,15H,13-14,16-19H2,1-4H3,(H,35,41)(H,36,43). The molecule has 9 nitrogen and oxygen atoms in total. The largest absolute Gasteiger partial charge is 0.347 e. The Morgan fingerprint density at radius 1 is 0.907 bits per heavy atom. The number of nitrogens with zero attached hydrogens (tertiary/aromatic N) is 4. The quantitative estimate of drug-likeness (QED) is 0.421. The van der Waals surface area contributed by atoms with E-state index in [1.807, 2.05) is 4.90 Å². The van der Waals surface area contributed by atoms with Crippen molar-refractivity contribution in [1.29, 1.82) is 0 Å². The molecule has 1 aliphatic carbocycles. The molecule has 1 fully saturated rings. The number of fused-ring (bicyclic) bond motifs is 2. The van der Waals surface area contributed by atoms with Gasteiger partial charge in [-0.1, -0.05) is 18.2 Å². The third-order valence-electron chi connectivity index (χ3n) is 8.12. The fourth-order valence-electron chi connectivity index (χ4n) is 5.84. The van der Waals surface area contributed by atoms with Gasteiger partial charge < -0.3 is 25.0 Å². The highest BCUT2D eigenvalue weighted by Crippen LogP contribution is 2.57. The Bertz CT molecular complexity index is 1540. The van der Waals surface area contributed by atoms with E-state index in [4.69, 9.17) is 0 Å². The maximum atomic E-state index is 15.1. The molecule has 2 aromatic carbocycles. The summed E-state index contributed by atoms with van der Waals surface area (Å²) < 4.78 is 45.7. The maximum absolute atomic E-state index is 15.1. The van der Waals surface area contributed by atoms with E-state index in [0.29, 0.717) is 35.7 Å². The van der Waals surface area contributed by atoms with E-state index in [2.05, 4.69) is 10.6 Å². The summed E-state index contributed by atoms with van der Waals surface area (Å²) in [6, 6.07) is 14.5.